The van der Waals surface area contributed by atoms with E-state index in [1.807, 2.05) is 32.7 Å². The van der Waals surface area contributed by atoms with Crippen LogP contribution in [-0.4, -0.2) is 111 Å². The summed E-state index contributed by atoms with van der Waals surface area (Å²) < 4.78 is 11.3. The molecule has 0 radical (unpaired) electrons. The van der Waals surface area contributed by atoms with Gasteiger partial charge < -0.3 is 24.8 Å². The van der Waals surface area contributed by atoms with Gasteiger partial charge in [0.25, 0.3) is 5.91 Å². The number of likely N-dealkylation sites (N-methyl/N-ethyl adjacent to an activating group) is 1. The Morgan fingerprint density at radius 1 is 1.13 bits per heavy atom. The van der Waals surface area contributed by atoms with Crippen LogP contribution < -0.4 is 5.32 Å². The highest BCUT2D eigenvalue weighted by molar-refractivity contribution is 7.09. The molecule has 2 aliphatic rings. The van der Waals surface area contributed by atoms with Crippen LogP contribution >= 0.6 is 11.3 Å². The number of morpholine rings is 1. The molecule has 15 heteroatoms. The van der Waals surface area contributed by atoms with Crippen molar-refractivity contribution in [2.75, 3.05) is 33.9 Å². The van der Waals surface area contributed by atoms with E-state index in [1.54, 1.807) is 36.6 Å². The summed E-state index contributed by atoms with van der Waals surface area (Å²) in [5, 5.41) is 14.4. The van der Waals surface area contributed by atoms with Gasteiger partial charge in [-0.3, -0.25) is 28.9 Å². The SMILES string of the molecule is CC(=O)O[C@H](C[C@H](C(C)C)N(C)C(=O)[C@@H](CC(=O)[C@H]1COCCN1C)CC1CC1)c1nc(C(=O)N[C@@H](Cc2ncc(C)cn2)C[C@H](C)C(=O)O)cs1. The third kappa shape index (κ3) is 11.9. The Balaban J connectivity index is 1.49. The van der Waals surface area contributed by atoms with Crippen molar-refractivity contribution in [3.8, 4) is 0 Å². The van der Waals surface area contributed by atoms with Crippen molar-refractivity contribution in [1.82, 2.24) is 30.1 Å². The number of thiazole rings is 1. The summed E-state index contributed by atoms with van der Waals surface area (Å²) >= 11 is 1.17. The molecule has 2 aromatic heterocycles. The van der Waals surface area contributed by atoms with Gasteiger partial charge in [0.2, 0.25) is 5.91 Å². The highest BCUT2D eigenvalue weighted by atomic mass is 32.1. The number of ether oxygens (including phenoxy) is 2. The number of carboxylic acid groups (broad SMARTS) is 1. The molecule has 14 nitrogen and oxygen atoms in total. The normalized spacial score (nSPS) is 19.3. The smallest absolute Gasteiger partial charge is 0.306 e. The molecule has 3 heterocycles. The fourth-order valence-corrected chi connectivity index (χ4v) is 7.48. The molecule has 2 amide bonds. The summed E-state index contributed by atoms with van der Waals surface area (Å²) in [6, 6.07) is -1.32. The Labute approximate surface area is 310 Å². The number of esters is 1. The first-order chi connectivity index (χ1) is 24.6. The van der Waals surface area contributed by atoms with Crippen LogP contribution in [0.25, 0.3) is 0 Å². The lowest BCUT2D eigenvalue weighted by atomic mass is 9.89. The molecule has 0 aromatic carbocycles. The van der Waals surface area contributed by atoms with E-state index >= 15 is 0 Å². The van der Waals surface area contributed by atoms with E-state index in [-0.39, 0.29) is 61.1 Å². The van der Waals surface area contributed by atoms with Crippen LogP contribution in [0.2, 0.25) is 0 Å². The number of carbonyl (C=O) groups is 5. The van der Waals surface area contributed by atoms with Crippen molar-refractivity contribution in [2.24, 2.45) is 23.7 Å². The van der Waals surface area contributed by atoms with Crippen molar-refractivity contribution in [2.45, 2.75) is 104 Å². The number of aromatic nitrogens is 3. The molecule has 1 aliphatic carbocycles. The Morgan fingerprint density at radius 2 is 1.83 bits per heavy atom. The third-order valence-corrected chi connectivity index (χ3v) is 10.9. The molecule has 286 valence electrons. The number of aryl methyl sites for hydroxylation is 1. The molecular formula is C37H54N6O8S. The van der Waals surface area contributed by atoms with E-state index in [1.165, 1.54) is 18.3 Å². The molecule has 0 unspecified atom stereocenters. The number of carbonyl (C=O) groups excluding carboxylic acids is 4. The molecule has 0 bridgehead atoms. The van der Waals surface area contributed by atoms with E-state index < -0.39 is 41.8 Å². The second kappa shape index (κ2) is 18.8. The molecule has 2 aromatic rings. The van der Waals surface area contributed by atoms with Crippen LogP contribution in [-0.2, 0) is 35.1 Å². The van der Waals surface area contributed by atoms with Crippen molar-refractivity contribution in [1.29, 1.82) is 0 Å². The number of aliphatic carboxylic acids is 1. The lowest BCUT2D eigenvalue weighted by Crippen LogP contribution is -2.49. The zero-order valence-corrected chi connectivity index (χ0v) is 32.2. The molecule has 52 heavy (non-hydrogen) atoms. The first kappa shape index (κ1) is 40.9. The quantitative estimate of drug-likeness (QED) is 0.199. The van der Waals surface area contributed by atoms with Gasteiger partial charge in [0.05, 0.1) is 25.2 Å². The van der Waals surface area contributed by atoms with Crippen LogP contribution in [0, 0.1) is 30.6 Å². The van der Waals surface area contributed by atoms with E-state index in [9.17, 15) is 29.1 Å². The highest BCUT2D eigenvalue weighted by Crippen LogP contribution is 2.38. The van der Waals surface area contributed by atoms with Crippen molar-refractivity contribution in [3.05, 3.63) is 39.9 Å². The number of carboxylic acids is 1. The third-order valence-electron chi connectivity index (χ3n) is 9.95. The molecule has 1 saturated heterocycles. The number of rotatable bonds is 19. The van der Waals surface area contributed by atoms with Gasteiger partial charge in [-0.1, -0.05) is 33.6 Å². The number of amides is 2. The molecule has 1 aliphatic heterocycles. The second-order valence-corrected chi connectivity index (χ2v) is 15.7. The molecule has 6 atom stereocenters. The summed E-state index contributed by atoms with van der Waals surface area (Å²) in [6.45, 7) is 10.3. The van der Waals surface area contributed by atoms with Gasteiger partial charge in [0.1, 0.15) is 16.5 Å². The number of hydrogen-bond donors (Lipinski definition) is 2. The zero-order valence-electron chi connectivity index (χ0n) is 31.4. The van der Waals surface area contributed by atoms with E-state index in [0.29, 0.717) is 42.9 Å². The van der Waals surface area contributed by atoms with Crippen molar-refractivity contribution in [3.63, 3.8) is 0 Å². The maximum atomic E-state index is 14.2. The lowest BCUT2D eigenvalue weighted by Gasteiger charge is -2.36. The van der Waals surface area contributed by atoms with E-state index in [2.05, 4.69) is 20.3 Å². The topological polar surface area (TPSA) is 181 Å². The van der Waals surface area contributed by atoms with E-state index in [0.717, 1.165) is 18.4 Å². The Morgan fingerprint density at radius 3 is 2.42 bits per heavy atom. The highest BCUT2D eigenvalue weighted by Gasteiger charge is 2.38. The van der Waals surface area contributed by atoms with Gasteiger partial charge in [-0.05, 0) is 44.2 Å². The zero-order chi connectivity index (χ0) is 38.1. The average Bonchev–Trinajstić information content (AvgIpc) is 3.77. The molecule has 2 N–H and O–H groups in total. The number of ketones is 1. The Bertz CT molecular complexity index is 1550. The van der Waals surface area contributed by atoms with Gasteiger partial charge in [-0.2, -0.15) is 0 Å². The number of nitrogens with zero attached hydrogens (tertiary/aromatic N) is 5. The molecule has 4 rings (SSSR count). The van der Waals surface area contributed by atoms with Crippen molar-refractivity contribution >= 4 is 40.9 Å². The fraction of sp³-hybridized carbons (Fsp3) is 0.676. The van der Waals surface area contributed by atoms with Crippen LogP contribution in [0.15, 0.2) is 17.8 Å². The maximum absolute atomic E-state index is 14.2. The number of hydrogen-bond acceptors (Lipinski definition) is 12. The average molecular weight is 743 g/mol. The predicted octanol–water partition coefficient (Wildman–Crippen LogP) is 3.88. The van der Waals surface area contributed by atoms with Gasteiger partial charge in [-0.15, -0.1) is 11.3 Å². The monoisotopic (exact) mass is 742 g/mol. The van der Waals surface area contributed by atoms with Crippen molar-refractivity contribution < 1.29 is 38.6 Å². The number of Topliss-reactive ketones (excluding diaryl/α,β-unsaturated/α-hetero) is 1. The lowest BCUT2D eigenvalue weighted by molar-refractivity contribution is -0.149. The first-order valence-corrected chi connectivity index (χ1v) is 19.0. The summed E-state index contributed by atoms with van der Waals surface area (Å²) in [5.74, 6) is -2.45. The predicted molar refractivity (Wildman–Crippen MR) is 193 cm³/mol. The standard InChI is InChI=1S/C37H54N6O8S/c1-21(2)29(43(7)36(47)26(13-25-8-9-25)14-31(45)30-19-50-11-10-42(30)6)16-32(51-24(5)44)35-41-28(20-52-35)34(46)40-27(12-23(4)37(48)49)15-33-38-17-22(3)18-39-33/h17-18,20-21,23,25-27,29-30,32H,8-16,19H2,1-7H3,(H,40,46)(H,48,49)/t23-,26+,27+,29+,30+,32+/m0/s1. The van der Waals surface area contributed by atoms with Gasteiger partial charge >= 0.3 is 11.9 Å². The molecule has 1 saturated carbocycles. The summed E-state index contributed by atoms with van der Waals surface area (Å²) in [4.78, 5) is 81.9. The summed E-state index contributed by atoms with van der Waals surface area (Å²) in [5.41, 5.74) is 0.974. The van der Waals surface area contributed by atoms with Crippen LogP contribution in [0.5, 0.6) is 0 Å². The van der Waals surface area contributed by atoms with Crippen LogP contribution in [0.3, 0.4) is 0 Å². The second-order valence-electron chi connectivity index (χ2n) is 14.8. The molecular weight excluding hydrogens is 689 g/mol. The van der Waals surface area contributed by atoms with Crippen LogP contribution in [0.1, 0.15) is 99.2 Å². The first-order valence-electron chi connectivity index (χ1n) is 18.1. The number of nitrogens with one attached hydrogen (secondary N) is 1. The Hall–Kier alpha value is -3.82. The fourth-order valence-electron chi connectivity index (χ4n) is 6.64. The van der Waals surface area contributed by atoms with E-state index in [4.69, 9.17) is 9.47 Å². The van der Waals surface area contributed by atoms with Gasteiger partial charge in [-0.25, -0.2) is 15.0 Å². The summed E-state index contributed by atoms with van der Waals surface area (Å²) in [6.07, 6.45) is 6.00. The van der Waals surface area contributed by atoms with Gasteiger partial charge in [0.15, 0.2) is 11.9 Å². The summed E-state index contributed by atoms with van der Waals surface area (Å²) in [7, 11) is 3.65. The Kier molecular flexibility index (Phi) is 14.8. The molecule has 0 spiro atoms. The molecule has 2 fully saturated rings. The van der Waals surface area contributed by atoms with Gasteiger partial charge in [0, 0.05) is 75.6 Å². The largest absolute Gasteiger partial charge is 0.481 e. The minimum Gasteiger partial charge on any atom is -0.481 e. The minimum absolute atomic E-state index is 0.00752. The maximum Gasteiger partial charge on any atom is 0.306 e. The minimum atomic E-state index is -0.982. The van der Waals surface area contributed by atoms with Crippen LogP contribution in [0.4, 0.5) is 0 Å².